The highest BCUT2D eigenvalue weighted by molar-refractivity contribution is 5.89. The van der Waals surface area contributed by atoms with E-state index in [2.05, 4.69) is 4.74 Å². The van der Waals surface area contributed by atoms with Gasteiger partial charge in [-0.15, -0.1) is 0 Å². The van der Waals surface area contributed by atoms with Gasteiger partial charge in [0, 0.05) is 18.9 Å². The molecule has 4 heteroatoms. The standard InChI is InChI=1S/C7H11NO3/c1-11-7(10)5-2-4(9)3-6(5)8/h5-6H,2-3,8H2,1H3. The summed E-state index contributed by atoms with van der Waals surface area (Å²) in [7, 11) is 1.30. The van der Waals surface area contributed by atoms with Crippen LogP contribution in [0.5, 0.6) is 0 Å². The van der Waals surface area contributed by atoms with Crippen LogP contribution in [0, 0.1) is 5.92 Å². The molecule has 0 aliphatic heterocycles. The van der Waals surface area contributed by atoms with E-state index >= 15 is 0 Å². The smallest absolute Gasteiger partial charge is 0.310 e. The molecule has 2 atom stereocenters. The van der Waals surface area contributed by atoms with Gasteiger partial charge in [0.15, 0.2) is 0 Å². The van der Waals surface area contributed by atoms with Gasteiger partial charge < -0.3 is 10.5 Å². The Balaban J connectivity index is 2.59. The van der Waals surface area contributed by atoms with Crippen molar-refractivity contribution in [2.45, 2.75) is 18.9 Å². The minimum Gasteiger partial charge on any atom is -0.469 e. The number of carbonyl (C=O) groups excluding carboxylic acids is 2. The molecule has 0 aromatic carbocycles. The number of nitrogens with two attached hydrogens (primary N) is 1. The topological polar surface area (TPSA) is 69.4 Å². The maximum atomic E-state index is 10.9. The Kier molecular flexibility index (Phi) is 2.24. The molecule has 1 aliphatic carbocycles. The predicted octanol–water partition coefficient (Wildman–Crippen LogP) is -0.534. The SMILES string of the molecule is COC(=O)C1CC(=O)CC1N. The molecule has 1 aliphatic rings. The van der Waals surface area contributed by atoms with Crippen molar-refractivity contribution in [2.75, 3.05) is 7.11 Å². The summed E-state index contributed by atoms with van der Waals surface area (Å²) in [6, 6.07) is -0.338. The summed E-state index contributed by atoms with van der Waals surface area (Å²) in [4.78, 5) is 21.7. The van der Waals surface area contributed by atoms with Gasteiger partial charge in [-0.05, 0) is 0 Å². The lowest BCUT2D eigenvalue weighted by molar-refractivity contribution is -0.146. The number of carbonyl (C=O) groups is 2. The maximum absolute atomic E-state index is 10.9. The van der Waals surface area contributed by atoms with Crippen LogP contribution in [0.4, 0.5) is 0 Å². The first-order valence-electron chi connectivity index (χ1n) is 3.50. The van der Waals surface area contributed by atoms with Crippen molar-refractivity contribution in [1.29, 1.82) is 0 Å². The van der Waals surface area contributed by atoms with Crippen LogP contribution in [0.15, 0.2) is 0 Å². The molecule has 0 aromatic heterocycles. The molecule has 0 amide bonds. The van der Waals surface area contributed by atoms with Crippen LogP contribution in [0.3, 0.4) is 0 Å². The van der Waals surface area contributed by atoms with E-state index in [4.69, 9.17) is 5.73 Å². The van der Waals surface area contributed by atoms with Crippen molar-refractivity contribution >= 4 is 11.8 Å². The normalized spacial score (nSPS) is 30.5. The summed E-state index contributed by atoms with van der Waals surface area (Å²) in [6.07, 6.45) is 0.549. The number of hydrogen-bond donors (Lipinski definition) is 1. The van der Waals surface area contributed by atoms with Gasteiger partial charge in [-0.3, -0.25) is 9.59 Å². The fourth-order valence-corrected chi connectivity index (χ4v) is 1.29. The summed E-state index contributed by atoms with van der Waals surface area (Å²) in [5.41, 5.74) is 5.52. The highest BCUT2D eigenvalue weighted by atomic mass is 16.5. The molecule has 0 spiro atoms. The van der Waals surface area contributed by atoms with Gasteiger partial charge in [0.05, 0.1) is 13.0 Å². The van der Waals surface area contributed by atoms with Crippen molar-refractivity contribution in [3.05, 3.63) is 0 Å². The van der Waals surface area contributed by atoms with E-state index in [1.807, 2.05) is 0 Å². The first-order chi connectivity index (χ1) is 5.15. The third kappa shape index (κ3) is 1.57. The highest BCUT2D eigenvalue weighted by Gasteiger charge is 2.36. The van der Waals surface area contributed by atoms with Gasteiger partial charge in [-0.2, -0.15) is 0 Å². The Morgan fingerprint density at radius 1 is 1.64 bits per heavy atom. The Bertz CT molecular complexity index is 190. The van der Waals surface area contributed by atoms with Crippen molar-refractivity contribution in [3.63, 3.8) is 0 Å². The second-order valence-electron chi connectivity index (χ2n) is 2.74. The minimum atomic E-state index is -0.410. The number of rotatable bonds is 1. The molecule has 0 heterocycles. The highest BCUT2D eigenvalue weighted by Crippen LogP contribution is 2.21. The quantitative estimate of drug-likeness (QED) is 0.519. The molecule has 11 heavy (non-hydrogen) atoms. The van der Waals surface area contributed by atoms with Gasteiger partial charge in [0.25, 0.3) is 0 Å². The number of methoxy groups -OCH3 is 1. The van der Waals surface area contributed by atoms with Crippen molar-refractivity contribution in [3.8, 4) is 0 Å². The zero-order valence-corrected chi connectivity index (χ0v) is 6.37. The van der Waals surface area contributed by atoms with Crippen LogP contribution >= 0.6 is 0 Å². The fourth-order valence-electron chi connectivity index (χ4n) is 1.29. The monoisotopic (exact) mass is 157 g/mol. The minimum absolute atomic E-state index is 0.0490. The summed E-state index contributed by atoms with van der Waals surface area (Å²) in [5, 5.41) is 0. The Labute approximate surface area is 64.7 Å². The predicted molar refractivity (Wildman–Crippen MR) is 37.7 cm³/mol. The van der Waals surface area contributed by atoms with Gasteiger partial charge >= 0.3 is 5.97 Å². The second kappa shape index (κ2) is 3.00. The van der Waals surface area contributed by atoms with Crippen LogP contribution < -0.4 is 5.73 Å². The Morgan fingerprint density at radius 3 is 2.64 bits per heavy atom. The lowest BCUT2D eigenvalue weighted by atomic mass is 10.1. The number of esters is 1. The van der Waals surface area contributed by atoms with Crippen molar-refractivity contribution in [1.82, 2.24) is 0 Å². The third-order valence-electron chi connectivity index (χ3n) is 1.93. The van der Waals surface area contributed by atoms with Gasteiger partial charge in [0.2, 0.25) is 0 Å². The molecular formula is C7H11NO3. The lowest BCUT2D eigenvalue weighted by Crippen LogP contribution is -2.31. The van der Waals surface area contributed by atoms with E-state index in [-0.39, 0.29) is 24.2 Å². The summed E-state index contributed by atoms with van der Waals surface area (Å²) < 4.78 is 4.48. The van der Waals surface area contributed by atoms with E-state index < -0.39 is 5.92 Å². The van der Waals surface area contributed by atoms with Gasteiger partial charge in [0.1, 0.15) is 5.78 Å². The Morgan fingerprint density at radius 2 is 2.27 bits per heavy atom. The molecule has 1 rings (SSSR count). The summed E-state index contributed by atoms with van der Waals surface area (Å²) in [5.74, 6) is -0.733. The van der Waals surface area contributed by atoms with Crippen LogP contribution in [-0.4, -0.2) is 24.9 Å². The summed E-state index contributed by atoms with van der Waals surface area (Å²) >= 11 is 0. The van der Waals surface area contributed by atoms with Crippen molar-refractivity contribution < 1.29 is 14.3 Å². The van der Waals surface area contributed by atoms with Crippen LogP contribution in [0.25, 0.3) is 0 Å². The average molecular weight is 157 g/mol. The molecule has 0 aromatic rings. The first-order valence-corrected chi connectivity index (χ1v) is 3.50. The molecule has 4 nitrogen and oxygen atoms in total. The number of Topliss-reactive ketones (excluding diaryl/α,β-unsaturated/α-hetero) is 1. The van der Waals surface area contributed by atoms with Crippen LogP contribution in [0.1, 0.15) is 12.8 Å². The number of hydrogen-bond acceptors (Lipinski definition) is 4. The van der Waals surface area contributed by atoms with Crippen LogP contribution in [-0.2, 0) is 14.3 Å². The molecule has 1 fully saturated rings. The fraction of sp³-hybridized carbons (Fsp3) is 0.714. The molecule has 1 saturated carbocycles. The van der Waals surface area contributed by atoms with Gasteiger partial charge in [-0.25, -0.2) is 0 Å². The van der Waals surface area contributed by atoms with Crippen molar-refractivity contribution in [2.24, 2.45) is 11.7 Å². The zero-order valence-electron chi connectivity index (χ0n) is 6.37. The lowest BCUT2D eigenvalue weighted by Gasteiger charge is -2.10. The molecule has 62 valence electrons. The van der Waals surface area contributed by atoms with Crippen LogP contribution in [0.2, 0.25) is 0 Å². The van der Waals surface area contributed by atoms with E-state index in [0.29, 0.717) is 6.42 Å². The van der Waals surface area contributed by atoms with E-state index in [1.54, 1.807) is 0 Å². The van der Waals surface area contributed by atoms with E-state index in [9.17, 15) is 9.59 Å². The largest absolute Gasteiger partial charge is 0.469 e. The van der Waals surface area contributed by atoms with E-state index in [0.717, 1.165) is 0 Å². The maximum Gasteiger partial charge on any atom is 0.310 e. The molecule has 0 saturated heterocycles. The second-order valence-corrected chi connectivity index (χ2v) is 2.74. The molecule has 0 bridgehead atoms. The molecule has 2 N–H and O–H groups in total. The first kappa shape index (κ1) is 8.20. The average Bonchev–Trinajstić information content (AvgIpc) is 2.28. The summed E-state index contributed by atoms with van der Waals surface area (Å²) in [6.45, 7) is 0. The Hall–Kier alpha value is -0.900. The molecule has 0 radical (unpaired) electrons. The van der Waals surface area contributed by atoms with E-state index in [1.165, 1.54) is 7.11 Å². The number of ketones is 1. The number of ether oxygens (including phenoxy) is 1. The zero-order chi connectivity index (χ0) is 8.43. The molecule has 2 unspecified atom stereocenters. The molecular weight excluding hydrogens is 146 g/mol. The third-order valence-corrected chi connectivity index (χ3v) is 1.93. The van der Waals surface area contributed by atoms with Gasteiger partial charge in [-0.1, -0.05) is 0 Å².